The van der Waals surface area contributed by atoms with Gasteiger partial charge < -0.3 is 10.2 Å². The zero-order chi connectivity index (χ0) is 16.7. The Morgan fingerprint density at radius 1 is 1.26 bits per heavy atom. The molecule has 0 radical (unpaired) electrons. The maximum absolute atomic E-state index is 12.3. The molecular formula is C17H19ClN2O2S. The van der Waals surface area contributed by atoms with Crippen molar-refractivity contribution < 1.29 is 9.59 Å². The van der Waals surface area contributed by atoms with Crippen LogP contribution in [0.1, 0.15) is 28.6 Å². The van der Waals surface area contributed by atoms with Crippen molar-refractivity contribution in [2.24, 2.45) is 0 Å². The van der Waals surface area contributed by atoms with Gasteiger partial charge in [0.25, 0.3) is 5.91 Å². The summed E-state index contributed by atoms with van der Waals surface area (Å²) in [5.74, 6) is -0.121. The van der Waals surface area contributed by atoms with Crippen LogP contribution in [0.4, 0.5) is 0 Å². The van der Waals surface area contributed by atoms with Crippen molar-refractivity contribution in [2.75, 3.05) is 13.1 Å². The monoisotopic (exact) mass is 350 g/mol. The van der Waals surface area contributed by atoms with E-state index in [9.17, 15) is 9.59 Å². The molecular weight excluding hydrogens is 332 g/mol. The maximum Gasteiger partial charge on any atom is 0.261 e. The lowest BCUT2D eigenvalue weighted by Crippen LogP contribution is -2.34. The summed E-state index contributed by atoms with van der Waals surface area (Å²) in [5.41, 5.74) is 0.996. The number of carbonyl (C=O) groups excluding carboxylic acids is 2. The van der Waals surface area contributed by atoms with Gasteiger partial charge in [-0.25, -0.2) is 0 Å². The van der Waals surface area contributed by atoms with E-state index in [1.165, 1.54) is 11.3 Å². The van der Waals surface area contributed by atoms with Crippen molar-refractivity contribution >= 4 is 34.8 Å². The Morgan fingerprint density at radius 3 is 2.74 bits per heavy atom. The molecule has 0 aliphatic rings. The van der Waals surface area contributed by atoms with Crippen LogP contribution in [0.15, 0.2) is 41.8 Å². The summed E-state index contributed by atoms with van der Waals surface area (Å²) in [4.78, 5) is 26.5. The molecule has 4 nitrogen and oxygen atoms in total. The molecule has 0 bridgehead atoms. The lowest BCUT2D eigenvalue weighted by Gasteiger charge is -2.21. The number of benzene rings is 1. The Labute approximate surface area is 145 Å². The van der Waals surface area contributed by atoms with Crippen molar-refractivity contribution in [3.63, 3.8) is 0 Å². The predicted octanol–water partition coefficient (Wildman–Crippen LogP) is 3.57. The molecule has 1 heterocycles. The molecule has 6 heteroatoms. The Hall–Kier alpha value is -1.85. The number of nitrogens with zero attached hydrogens (tertiary/aromatic N) is 1. The first-order valence-corrected chi connectivity index (χ1v) is 8.70. The van der Waals surface area contributed by atoms with Gasteiger partial charge in [0.15, 0.2) is 0 Å². The summed E-state index contributed by atoms with van der Waals surface area (Å²) in [6, 6.07) is 11.1. The van der Waals surface area contributed by atoms with E-state index in [0.717, 1.165) is 5.56 Å². The minimum atomic E-state index is -0.134. The SMILES string of the molecule is CCN(Cc1cccc(Cl)c1)C(=O)CCNC(=O)c1cccs1. The quantitative estimate of drug-likeness (QED) is 0.829. The fourth-order valence-corrected chi connectivity index (χ4v) is 3.02. The first-order valence-electron chi connectivity index (χ1n) is 7.44. The van der Waals surface area contributed by atoms with Gasteiger partial charge in [0.05, 0.1) is 4.88 Å². The molecule has 2 rings (SSSR count). The third kappa shape index (κ3) is 5.37. The van der Waals surface area contributed by atoms with Gasteiger partial charge >= 0.3 is 0 Å². The largest absolute Gasteiger partial charge is 0.351 e. The molecule has 2 amide bonds. The van der Waals surface area contributed by atoms with Crippen molar-refractivity contribution in [2.45, 2.75) is 19.9 Å². The first kappa shape index (κ1) is 17.5. The molecule has 0 atom stereocenters. The molecule has 122 valence electrons. The summed E-state index contributed by atoms with van der Waals surface area (Å²) < 4.78 is 0. The van der Waals surface area contributed by atoms with Crippen LogP contribution in [0.2, 0.25) is 5.02 Å². The Morgan fingerprint density at radius 2 is 2.09 bits per heavy atom. The van der Waals surface area contributed by atoms with Gasteiger partial charge in [0.1, 0.15) is 0 Å². The highest BCUT2D eigenvalue weighted by molar-refractivity contribution is 7.12. The molecule has 0 saturated heterocycles. The summed E-state index contributed by atoms with van der Waals surface area (Å²) in [6.07, 6.45) is 0.283. The number of amides is 2. The first-order chi connectivity index (χ1) is 11.1. The summed E-state index contributed by atoms with van der Waals surface area (Å²) in [5, 5.41) is 5.28. The molecule has 0 spiro atoms. The number of halogens is 1. The van der Waals surface area contributed by atoms with Crippen LogP contribution < -0.4 is 5.32 Å². The van der Waals surface area contributed by atoms with Crippen molar-refractivity contribution in [3.8, 4) is 0 Å². The Bertz CT molecular complexity index is 658. The number of thiophene rings is 1. The third-order valence-electron chi connectivity index (χ3n) is 3.37. The number of nitrogens with one attached hydrogen (secondary N) is 1. The lowest BCUT2D eigenvalue weighted by molar-refractivity contribution is -0.131. The van der Waals surface area contributed by atoms with Gasteiger partial charge in [0.2, 0.25) is 5.91 Å². The molecule has 1 N–H and O–H groups in total. The number of carbonyl (C=O) groups is 2. The number of hydrogen-bond acceptors (Lipinski definition) is 3. The predicted molar refractivity (Wildman–Crippen MR) is 93.8 cm³/mol. The maximum atomic E-state index is 12.3. The second kappa shape index (κ2) is 8.70. The van der Waals surface area contributed by atoms with Crippen LogP contribution in [0.5, 0.6) is 0 Å². The smallest absolute Gasteiger partial charge is 0.261 e. The minimum Gasteiger partial charge on any atom is -0.351 e. The minimum absolute atomic E-state index is 0.0129. The van der Waals surface area contributed by atoms with E-state index < -0.39 is 0 Å². The van der Waals surface area contributed by atoms with E-state index in [1.54, 1.807) is 11.0 Å². The van der Waals surface area contributed by atoms with Gasteiger partial charge in [-0.15, -0.1) is 11.3 Å². The normalized spacial score (nSPS) is 10.3. The summed E-state index contributed by atoms with van der Waals surface area (Å²) in [6.45, 7) is 3.41. The topological polar surface area (TPSA) is 49.4 Å². The molecule has 0 saturated carbocycles. The zero-order valence-corrected chi connectivity index (χ0v) is 14.5. The summed E-state index contributed by atoms with van der Waals surface area (Å²) in [7, 11) is 0. The van der Waals surface area contributed by atoms with Crippen molar-refractivity contribution in [1.82, 2.24) is 10.2 Å². The standard InChI is InChI=1S/C17H19ClN2O2S/c1-2-20(12-13-5-3-6-14(18)11-13)16(21)8-9-19-17(22)15-7-4-10-23-15/h3-7,10-11H,2,8-9,12H2,1H3,(H,19,22). The molecule has 0 aliphatic carbocycles. The second-order valence-electron chi connectivity index (χ2n) is 5.02. The fraction of sp³-hybridized carbons (Fsp3) is 0.294. The Balaban J connectivity index is 1.82. The van der Waals surface area contributed by atoms with E-state index in [2.05, 4.69) is 5.32 Å². The highest BCUT2D eigenvalue weighted by atomic mass is 35.5. The summed E-state index contributed by atoms with van der Waals surface area (Å²) >= 11 is 7.35. The molecule has 2 aromatic rings. The van der Waals surface area contributed by atoms with Crippen LogP contribution in [0.3, 0.4) is 0 Å². The number of hydrogen-bond donors (Lipinski definition) is 1. The molecule has 0 unspecified atom stereocenters. The van der Waals surface area contributed by atoms with Crippen LogP contribution in [-0.4, -0.2) is 29.8 Å². The fourth-order valence-electron chi connectivity index (χ4n) is 2.17. The van der Waals surface area contributed by atoms with E-state index in [4.69, 9.17) is 11.6 Å². The molecule has 0 aliphatic heterocycles. The van der Waals surface area contributed by atoms with Crippen LogP contribution in [-0.2, 0) is 11.3 Å². The van der Waals surface area contributed by atoms with E-state index in [0.29, 0.717) is 29.5 Å². The van der Waals surface area contributed by atoms with E-state index in [-0.39, 0.29) is 18.2 Å². The van der Waals surface area contributed by atoms with Crippen LogP contribution in [0.25, 0.3) is 0 Å². The second-order valence-corrected chi connectivity index (χ2v) is 6.41. The number of rotatable bonds is 7. The highest BCUT2D eigenvalue weighted by Gasteiger charge is 2.13. The molecule has 1 aromatic heterocycles. The van der Waals surface area contributed by atoms with Gasteiger partial charge in [-0.1, -0.05) is 29.8 Å². The van der Waals surface area contributed by atoms with Crippen LogP contribution >= 0.6 is 22.9 Å². The lowest BCUT2D eigenvalue weighted by atomic mass is 10.2. The molecule has 0 fully saturated rings. The van der Waals surface area contributed by atoms with Crippen LogP contribution in [0, 0.1) is 0 Å². The molecule has 23 heavy (non-hydrogen) atoms. The van der Waals surface area contributed by atoms with Crippen molar-refractivity contribution in [3.05, 3.63) is 57.2 Å². The average Bonchev–Trinajstić information content (AvgIpc) is 3.07. The zero-order valence-electron chi connectivity index (χ0n) is 12.9. The average molecular weight is 351 g/mol. The van der Waals surface area contributed by atoms with E-state index >= 15 is 0 Å². The van der Waals surface area contributed by atoms with Gasteiger partial charge in [0, 0.05) is 31.1 Å². The van der Waals surface area contributed by atoms with E-state index in [1.807, 2.05) is 42.6 Å². The third-order valence-corrected chi connectivity index (χ3v) is 4.47. The highest BCUT2D eigenvalue weighted by Crippen LogP contribution is 2.13. The van der Waals surface area contributed by atoms with Crippen molar-refractivity contribution in [1.29, 1.82) is 0 Å². The van der Waals surface area contributed by atoms with Gasteiger partial charge in [-0.05, 0) is 36.1 Å². The van der Waals surface area contributed by atoms with Gasteiger partial charge in [-0.3, -0.25) is 9.59 Å². The Kier molecular flexibility index (Phi) is 6.62. The molecule has 1 aromatic carbocycles. The van der Waals surface area contributed by atoms with Gasteiger partial charge in [-0.2, -0.15) is 0 Å².